The Balaban J connectivity index is 1.78. The van der Waals surface area contributed by atoms with E-state index in [-0.39, 0.29) is 0 Å². The fraction of sp³-hybridized carbons (Fsp3) is 0.130. The van der Waals surface area contributed by atoms with Crippen LogP contribution in [0.3, 0.4) is 0 Å². The highest BCUT2D eigenvalue weighted by Gasteiger charge is 2.19. The fourth-order valence-electron chi connectivity index (χ4n) is 3.17. The average molecular weight is 407 g/mol. The van der Waals surface area contributed by atoms with E-state index in [1.807, 2.05) is 66.9 Å². The average Bonchev–Trinajstić information content (AvgIpc) is 3.11. The molecule has 29 heavy (non-hydrogen) atoms. The Kier molecular flexibility index (Phi) is 5.45. The molecule has 4 rings (SSSR count). The number of nitrogens with zero attached hydrogens (tertiary/aromatic N) is 3. The first-order valence-electron chi connectivity index (χ1n) is 9.19. The molecule has 4 aromatic rings. The molecule has 6 heteroatoms. The molecule has 0 saturated carbocycles. The van der Waals surface area contributed by atoms with Gasteiger partial charge in [0.15, 0.2) is 11.0 Å². The molecule has 0 N–H and O–H groups in total. The second-order valence-electron chi connectivity index (χ2n) is 6.77. The Morgan fingerprint density at radius 2 is 1.59 bits per heavy atom. The van der Waals surface area contributed by atoms with E-state index in [0.29, 0.717) is 16.5 Å². The molecule has 0 unspecified atom stereocenters. The van der Waals surface area contributed by atoms with E-state index >= 15 is 0 Å². The molecule has 0 atom stereocenters. The van der Waals surface area contributed by atoms with Crippen molar-refractivity contribution >= 4 is 11.8 Å². The smallest absolute Gasteiger partial charge is 0.196 e. The third kappa shape index (κ3) is 3.93. The highest BCUT2D eigenvalue weighted by molar-refractivity contribution is 7.98. The third-order valence-corrected chi connectivity index (χ3v) is 5.73. The van der Waals surface area contributed by atoms with Gasteiger partial charge in [0.25, 0.3) is 0 Å². The summed E-state index contributed by atoms with van der Waals surface area (Å²) in [4.78, 5) is 0. The molecule has 3 nitrogen and oxygen atoms in total. The first-order chi connectivity index (χ1) is 14.0. The predicted molar refractivity (Wildman–Crippen MR) is 112 cm³/mol. The molecule has 3 aromatic carbocycles. The van der Waals surface area contributed by atoms with Crippen LogP contribution < -0.4 is 0 Å². The highest BCUT2D eigenvalue weighted by Crippen LogP contribution is 2.32. The minimum absolute atomic E-state index is 0.323. The number of para-hydroxylation sites is 1. The van der Waals surface area contributed by atoms with Crippen LogP contribution in [0.1, 0.15) is 16.7 Å². The third-order valence-electron chi connectivity index (χ3n) is 4.75. The number of halogens is 2. The lowest BCUT2D eigenvalue weighted by Gasteiger charge is -2.14. The zero-order valence-electron chi connectivity index (χ0n) is 16.1. The van der Waals surface area contributed by atoms with Gasteiger partial charge in [-0.25, -0.2) is 8.78 Å². The molecule has 0 aliphatic rings. The summed E-state index contributed by atoms with van der Waals surface area (Å²) in [6.07, 6.45) is 0. The van der Waals surface area contributed by atoms with Crippen molar-refractivity contribution in [2.45, 2.75) is 24.8 Å². The largest absolute Gasteiger partial charge is 0.270 e. The van der Waals surface area contributed by atoms with Crippen molar-refractivity contribution < 1.29 is 8.78 Å². The van der Waals surface area contributed by atoms with E-state index in [0.717, 1.165) is 34.3 Å². The van der Waals surface area contributed by atoms with E-state index < -0.39 is 11.6 Å². The maximum absolute atomic E-state index is 14.1. The fourth-order valence-corrected chi connectivity index (χ4v) is 4.11. The molecule has 0 bridgehead atoms. The summed E-state index contributed by atoms with van der Waals surface area (Å²) in [5.41, 5.74) is 4.56. The standard InChI is InChI=1S/C23H19F2N3S/c1-15-7-3-5-9-19(15)22-26-27-23(28(22)21-10-6-4-8-16(21)2)29-14-17-11-12-18(24)13-20(17)25/h3-13H,14H2,1-2H3. The number of benzene rings is 3. The molecule has 0 spiro atoms. The second kappa shape index (κ2) is 8.17. The minimum atomic E-state index is -0.582. The van der Waals surface area contributed by atoms with Gasteiger partial charge in [-0.1, -0.05) is 60.3 Å². The predicted octanol–water partition coefficient (Wildman–Crippen LogP) is 6.12. The van der Waals surface area contributed by atoms with Gasteiger partial charge in [0, 0.05) is 17.4 Å². The Hall–Kier alpha value is -2.99. The lowest BCUT2D eigenvalue weighted by molar-refractivity contribution is 0.576. The van der Waals surface area contributed by atoms with Crippen LogP contribution in [0.4, 0.5) is 8.78 Å². The van der Waals surface area contributed by atoms with Gasteiger partial charge in [-0.15, -0.1) is 10.2 Å². The maximum Gasteiger partial charge on any atom is 0.196 e. The quantitative estimate of drug-likeness (QED) is 0.373. The van der Waals surface area contributed by atoms with Gasteiger partial charge in [0.1, 0.15) is 11.6 Å². The van der Waals surface area contributed by atoms with Crippen molar-refractivity contribution in [2.24, 2.45) is 0 Å². The van der Waals surface area contributed by atoms with Crippen molar-refractivity contribution in [3.63, 3.8) is 0 Å². The molecule has 0 saturated heterocycles. The number of rotatable bonds is 5. The van der Waals surface area contributed by atoms with Crippen molar-refractivity contribution in [3.8, 4) is 17.1 Å². The molecule has 146 valence electrons. The van der Waals surface area contributed by atoms with E-state index in [1.54, 1.807) is 0 Å². The first-order valence-corrected chi connectivity index (χ1v) is 10.2. The van der Waals surface area contributed by atoms with Crippen LogP contribution in [0, 0.1) is 25.5 Å². The topological polar surface area (TPSA) is 30.7 Å². The Labute approximate surface area is 172 Å². The lowest BCUT2D eigenvalue weighted by Crippen LogP contribution is -2.03. The van der Waals surface area contributed by atoms with Gasteiger partial charge in [-0.2, -0.15) is 0 Å². The van der Waals surface area contributed by atoms with Crippen LogP contribution >= 0.6 is 11.8 Å². The number of hydrogen-bond donors (Lipinski definition) is 0. The molecule has 0 aliphatic carbocycles. The summed E-state index contributed by atoms with van der Waals surface area (Å²) >= 11 is 1.37. The summed E-state index contributed by atoms with van der Waals surface area (Å²) < 4.78 is 29.3. The summed E-state index contributed by atoms with van der Waals surface area (Å²) in [6, 6.07) is 19.7. The van der Waals surface area contributed by atoms with Crippen LogP contribution in [0.5, 0.6) is 0 Å². The molecular formula is C23H19F2N3S. The van der Waals surface area contributed by atoms with Crippen LogP contribution in [-0.4, -0.2) is 14.8 Å². The Morgan fingerprint density at radius 1 is 0.862 bits per heavy atom. The van der Waals surface area contributed by atoms with Gasteiger partial charge in [0.2, 0.25) is 0 Å². The molecular weight excluding hydrogens is 388 g/mol. The molecule has 1 aromatic heterocycles. The summed E-state index contributed by atoms with van der Waals surface area (Å²) in [5.74, 6) is -0.0802. The van der Waals surface area contributed by atoms with Gasteiger partial charge >= 0.3 is 0 Å². The van der Waals surface area contributed by atoms with E-state index in [1.165, 1.54) is 23.9 Å². The number of aromatic nitrogens is 3. The molecule has 0 amide bonds. The number of hydrogen-bond acceptors (Lipinski definition) is 3. The van der Waals surface area contributed by atoms with Gasteiger partial charge in [-0.05, 0) is 42.7 Å². The monoisotopic (exact) mass is 407 g/mol. The van der Waals surface area contributed by atoms with Gasteiger partial charge in [0.05, 0.1) is 5.69 Å². The van der Waals surface area contributed by atoms with E-state index in [4.69, 9.17) is 0 Å². The highest BCUT2D eigenvalue weighted by atomic mass is 32.2. The summed E-state index contributed by atoms with van der Waals surface area (Å²) in [5, 5.41) is 9.50. The zero-order valence-corrected chi connectivity index (χ0v) is 16.9. The van der Waals surface area contributed by atoms with Crippen molar-refractivity contribution in [2.75, 3.05) is 0 Å². The lowest BCUT2D eigenvalue weighted by atomic mass is 10.1. The maximum atomic E-state index is 14.1. The molecule has 1 heterocycles. The van der Waals surface area contributed by atoms with Crippen LogP contribution in [0.15, 0.2) is 71.9 Å². The van der Waals surface area contributed by atoms with Gasteiger partial charge < -0.3 is 0 Å². The van der Waals surface area contributed by atoms with Crippen LogP contribution in [0.2, 0.25) is 0 Å². The summed E-state index contributed by atoms with van der Waals surface area (Å²) in [6.45, 7) is 4.07. The van der Waals surface area contributed by atoms with Crippen molar-refractivity contribution in [1.82, 2.24) is 14.8 Å². The van der Waals surface area contributed by atoms with E-state index in [2.05, 4.69) is 10.2 Å². The van der Waals surface area contributed by atoms with Crippen LogP contribution in [0.25, 0.3) is 17.1 Å². The van der Waals surface area contributed by atoms with Gasteiger partial charge in [-0.3, -0.25) is 4.57 Å². The number of thioether (sulfide) groups is 1. The molecule has 0 aliphatic heterocycles. The first kappa shape index (κ1) is 19.3. The molecule has 0 radical (unpaired) electrons. The van der Waals surface area contributed by atoms with Crippen molar-refractivity contribution in [3.05, 3.63) is 95.1 Å². The summed E-state index contributed by atoms with van der Waals surface area (Å²) in [7, 11) is 0. The second-order valence-corrected chi connectivity index (χ2v) is 7.71. The number of aryl methyl sites for hydroxylation is 2. The van der Waals surface area contributed by atoms with E-state index in [9.17, 15) is 8.78 Å². The Bertz CT molecular complexity index is 1170. The minimum Gasteiger partial charge on any atom is -0.270 e. The van der Waals surface area contributed by atoms with Crippen LogP contribution in [-0.2, 0) is 5.75 Å². The normalized spacial score (nSPS) is 11.0. The van der Waals surface area contributed by atoms with Crippen molar-refractivity contribution in [1.29, 1.82) is 0 Å². The SMILES string of the molecule is Cc1ccccc1-c1nnc(SCc2ccc(F)cc2F)n1-c1ccccc1C. The zero-order chi connectivity index (χ0) is 20.4. The molecule has 0 fully saturated rings. The Morgan fingerprint density at radius 3 is 2.31 bits per heavy atom.